The van der Waals surface area contributed by atoms with Crippen molar-refractivity contribution < 1.29 is 14.3 Å². The monoisotopic (exact) mass is 467 g/mol. The number of methoxy groups -OCH3 is 1. The highest BCUT2D eigenvalue weighted by Gasteiger charge is 2.41. The number of pyridine rings is 2. The van der Waals surface area contributed by atoms with Crippen LogP contribution in [0.15, 0.2) is 24.3 Å². The molecule has 5 rings (SSSR count). The van der Waals surface area contributed by atoms with Crippen molar-refractivity contribution in [2.45, 2.75) is 38.8 Å². The van der Waals surface area contributed by atoms with Gasteiger partial charge in [0.25, 0.3) is 5.91 Å². The number of fused-ring (bicyclic) bond motifs is 2. The summed E-state index contributed by atoms with van der Waals surface area (Å²) in [7, 11) is 1.77. The van der Waals surface area contributed by atoms with E-state index in [9.17, 15) is 4.79 Å². The average molecular weight is 468 g/mol. The Kier molecular flexibility index (Phi) is 5.41. The Morgan fingerprint density at radius 3 is 2.91 bits per heavy atom. The van der Waals surface area contributed by atoms with Crippen LogP contribution in [0.25, 0.3) is 10.2 Å². The van der Waals surface area contributed by atoms with Crippen molar-refractivity contribution in [2.75, 3.05) is 37.4 Å². The number of carbonyl (C=O) groups excluding carboxylic acids is 1. The fourth-order valence-corrected chi connectivity index (χ4v) is 5.63. The SMILES string of the molecule is CO[C@@]1(C)CN(c2ccc3c(n2)OC[C@H](NC(=O)c2sc4nc(C)ccc4c2N)C3)C[C@@H]1C. The number of hydrogen-bond acceptors (Lipinski definition) is 8. The molecule has 0 aromatic carbocycles. The molecule has 0 saturated carbocycles. The Hall–Kier alpha value is -2.91. The summed E-state index contributed by atoms with van der Waals surface area (Å²) in [5.74, 6) is 1.74. The Morgan fingerprint density at radius 1 is 1.33 bits per heavy atom. The number of nitrogen functional groups attached to an aromatic ring is 1. The number of aromatic nitrogens is 2. The number of rotatable bonds is 4. The summed E-state index contributed by atoms with van der Waals surface area (Å²) >= 11 is 1.32. The molecule has 5 heterocycles. The minimum Gasteiger partial charge on any atom is -0.475 e. The molecule has 2 aliphatic rings. The molecule has 174 valence electrons. The number of hydrogen-bond donors (Lipinski definition) is 2. The fourth-order valence-electron chi connectivity index (χ4n) is 4.59. The highest BCUT2D eigenvalue weighted by molar-refractivity contribution is 7.21. The van der Waals surface area contributed by atoms with Gasteiger partial charge in [0.05, 0.1) is 17.3 Å². The number of nitrogens with two attached hydrogens (primary N) is 1. The second kappa shape index (κ2) is 8.14. The zero-order valence-electron chi connectivity index (χ0n) is 19.3. The quantitative estimate of drug-likeness (QED) is 0.607. The number of thiophene rings is 1. The molecular weight excluding hydrogens is 438 g/mol. The molecule has 3 aromatic rings. The molecule has 33 heavy (non-hydrogen) atoms. The van der Waals surface area contributed by atoms with E-state index in [0.29, 0.717) is 35.4 Å². The Balaban J connectivity index is 1.28. The standard InChI is InChI=1S/C24H29N5O3S/c1-13-10-29(12-24(13,3)31-4)18-8-6-15-9-16(11-32-22(15)28-18)27-21(30)20-19(25)17-7-5-14(2)26-23(17)33-20/h5-8,13,16H,9-12,25H2,1-4H3,(H,27,30)/t13-,16+,24-/m0/s1. The molecule has 0 spiro atoms. The third-order valence-corrected chi connectivity index (χ3v) is 8.03. The van der Waals surface area contributed by atoms with Gasteiger partial charge >= 0.3 is 0 Å². The summed E-state index contributed by atoms with van der Waals surface area (Å²) in [5, 5.41) is 3.89. The van der Waals surface area contributed by atoms with Crippen molar-refractivity contribution in [3.05, 3.63) is 40.4 Å². The molecule has 0 aliphatic carbocycles. The first-order chi connectivity index (χ1) is 15.8. The second-order valence-electron chi connectivity index (χ2n) is 9.27. The maximum absolute atomic E-state index is 13.0. The Bertz CT molecular complexity index is 1230. The van der Waals surface area contributed by atoms with Crippen molar-refractivity contribution in [1.29, 1.82) is 0 Å². The van der Waals surface area contributed by atoms with Crippen LogP contribution in [-0.4, -0.2) is 54.3 Å². The average Bonchev–Trinajstić information content (AvgIpc) is 3.29. The molecule has 3 N–H and O–H groups in total. The van der Waals surface area contributed by atoms with Gasteiger partial charge in [0, 0.05) is 49.2 Å². The van der Waals surface area contributed by atoms with Crippen molar-refractivity contribution >= 4 is 39.0 Å². The zero-order valence-corrected chi connectivity index (χ0v) is 20.2. The third kappa shape index (κ3) is 3.89. The van der Waals surface area contributed by atoms with Crippen LogP contribution >= 0.6 is 11.3 Å². The summed E-state index contributed by atoms with van der Waals surface area (Å²) in [4.78, 5) is 25.7. The van der Waals surface area contributed by atoms with E-state index < -0.39 is 0 Å². The van der Waals surface area contributed by atoms with Crippen molar-refractivity contribution in [2.24, 2.45) is 5.92 Å². The fraction of sp³-hybridized carbons (Fsp3) is 0.458. The van der Waals surface area contributed by atoms with Crippen molar-refractivity contribution in [3.63, 3.8) is 0 Å². The van der Waals surface area contributed by atoms with Crippen LogP contribution in [0.5, 0.6) is 5.88 Å². The van der Waals surface area contributed by atoms with Crippen LogP contribution in [-0.2, 0) is 11.2 Å². The molecule has 3 atom stereocenters. The van der Waals surface area contributed by atoms with Crippen LogP contribution in [0.3, 0.4) is 0 Å². The van der Waals surface area contributed by atoms with Gasteiger partial charge in [-0.25, -0.2) is 4.98 Å². The molecule has 2 aliphatic heterocycles. The van der Waals surface area contributed by atoms with Crippen molar-refractivity contribution in [1.82, 2.24) is 15.3 Å². The lowest BCUT2D eigenvalue weighted by atomic mass is 9.95. The Morgan fingerprint density at radius 2 is 2.15 bits per heavy atom. The summed E-state index contributed by atoms with van der Waals surface area (Å²) in [6.45, 7) is 8.31. The second-order valence-corrected chi connectivity index (χ2v) is 10.3. The number of anilines is 2. The minimum atomic E-state index is -0.195. The van der Waals surface area contributed by atoms with E-state index >= 15 is 0 Å². The Labute approximate surface area is 197 Å². The molecular formula is C24H29N5O3S. The highest BCUT2D eigenvalue weighted by Crippen LogP contribution is 2.35. The number of aryl methyl sites for hydroxylation is 1. The van der Waals surface area contributed by atoms with E-state index in [1.165, 1.54) is 11.3 Å². The van der Waals surface area contributed by atoms with Crippen LogP contribution in [0.1, 0.15) is 34.8 Å². The topological polar surface area (TPSA) is 103 Å². The first kappa shape index (κ1) is 21.9. The summed E-state index contributed by atoms with van der Waals surface area (Å²) in [5.41, 5.74) is 8.42. The summed E-state index contributed by atoms with van der Waals surface area (Å²) < 4.78 is 11.7. The lowest BCUT2D eigenvalue weighted by molar-refractivity contribution is -0.00622. The van der Waals surface area contributed by atoms with E-state index in [2.05, 4.69) is 29.0 Å². The summed E-state index contributed by atoms with van der Waals surface area (Å²) in [6, 6.07) is 7.74. The van der Waals surface area contributed by atoms with Crippen LogP contribution < -0.4 is 20.7 Å². The third-order valence-electron chi connectivity index (χ3n) is 6.92. The highest BCUT2D eigenvalue weighted by atomic mass is 32.1. The minimum absolute atomic E-state index is 0.152. The lowest BCUT2D eigenvalue weighted by Gasteiger charge is -2.28. The smallest absolute Gasteiger partial charge is 0.263 e. The van der Waals surface area contributed by atoms with E-state index in [1.807, 2.05) is 31.2 Å². The molecule has 0 bridgehead atoms. The molecule has 8 nitrogen and oxygen atoms in total. The van der Waals surface area contributed by atoms with Gasteiger partial charge in [-0.15, -0.1) is 11.3 Å². The number of nitrogens with one attached hydrogen (secondary N) is 1. The molecule has 1 fully saturated rings. The van der Waals surface area contributed by atoms with Crippen molar-refractivity contribution in [3.8, 4) is 5.88 Å². The first-order valence-corrected chi connectivity index (χ1v) is 12.0. The number of nitrogens with zero attached hydrogens (tertiary/aromatic N) is 3. The maximum Gasteiger partial charge on any atom is 0.263 e. The first-order valence-electron chi connectivity index (χ1n) is 11.2. The molecule has 3 aromatic heterocycles. The van der Waals surface area contributed by atoms with Gasteiger partial charge in [0.2, 0.25) is 5.88 Å². The van der Waals surface area contributed by atoms with Gasteiger partial charge in [-0.05, 0) is 38.1 Å². The van der Waals surface area contributed by atoms with Gasteiger partial charge in [-0.1, -0.05) is 6.92 Å². The molecule has 9 heteroatoms. The number of amides is 1. The van der Waals surface area contributed by atoms with E-state index in [-0.39, 0.29) is 17.6 Å². The number of carbonyl (C=O) groups is 1. The van der Waals surface area contributed by atoms with Gasteiger partial charge in [0.15, 0.2) is 0 Å². The van der Waals surface area contributed by atoms with Crippen LogP contribution in [0.4, 0.5) is 11.5 Å². The van der Waals surface area contributed by atoms with E-state index in [0.717, 1.165) is 40.4 Å². The normalized spacial score (nSPS) is 24.5. The zero-order chi connectivity index (χ0) is 23.3. The molecule has 1 saturated heterocycles. The van der Waals surface area contributed by atoms with Crippen LogP contribution in [0.2, 0.25) is 0 Å². The van der Waals surface area contributed by atoms with Gasteiger partial charge in [0.1, 0.15) is 22.1 Å². The lowest BCUT2D eigenvalue weighted by Crippen LogP contribution is -2.43. The predicted octanol–water partition coefficient (Wildman–Crippen LogP) is 3.18. The van der Waals surface area contributed by atoms with Crippen LogP contribution in [0, 0.1) is 12.8 Å². The number of ether oxygens (including phenoxy) is 2. The molecule has 0 radical (unpaired) electrons. The van der Waals surface area contributed by atoms with E-state index in [1.54, 1.807) is 7.11 Å². The van der Waals surface area contributed by atoms with Gasteiger partial charge < -0.3 is 25.4 Å². The summed E-state index contributed by atoms with van der Waals surface area (Å²) in [6.07, 6.45) is 0.655. The van der Waals surface area contributed by atoms with E-state index in [4.69, 9.17) is 20.2 Å². The van der Waals surface area contributed by atoms with Gasteiger partial charge in [-0.2, -0.15) is 4.98 Å². The largest absolute Gasteiger partial charge is 0.475 e. The predicted molar refractivity (Wildman–Crippen MR) is 130 cm³/mol. The maximum atomic E-state index is 13.0. The molecule has 0 unspecified atom stereocenters. The molecule has 1 amide bonds. The van der Waals surface area contributed by atoms with Gasteiger partial charge in [-0.3, -0.25) is 4.79 Å².